The van der Waals surface area contributed by atoms with Crippen molar-refractivity contribution in [2.45, 2.75) is 12.8 Å². The summed E-state index contributed by atoms with van der Waals surface area (Å²) in [6, 6.07) is 36.8. The molecule has 0 bridgehead atoms. The summed E-state index contributed by atoms with van der Waals surface area (Å²) in [5, 5.41) is 0. The van der Waals surface area contributed by atoms with Crippen LogP contribution in [0.5, 0.6) is 5.75 Å². The van der Waals surface area contributed by atoms with Crippen LogP contribution >= 0.6 is 0 Å². The number of ether oxygens (including phenoxy) is 2. The summed E-state index contributed by atoms with van der Waals surface area (Å²) in [6.07, 6.45) is 4.13. The van der Waals surface area contributed by atoms with E-state index >= 15 is 0 Å². The van der Waals surface area contributed by atoms with E-state index in [4.69, 9.17) is 14.5 Å². The second kappa shape index (κ2) is 10.3. The molecule has 0 saturated heterocycles. The second-order valence-electron chi connectivity index (χ2n) is 8.41. The molecule has 172 valence electrons. The van der Waals surface area contributed by atoms with Crippen molar-refractivity contribution in [3.05, 3.63) is 143 Å². The molecule has 4 aromatic carbocycles. The highest BCUT2D eigenvalue weighted by atomic mass is 16.5. The second-order valence-corrected chi connectivity index (χ2v) is 8.41. The quantitative estimate of drug-likeness (QED) is 0.275. The lowest BCUT2D eigenvalue weighted by atomic mass is 9.84. The maximum atomic E-state index is 6.63. The first-order chi connectivity index (χ1) is 17.2. The molecule has 0 aliphatic carbocycles. The lowest BCUT2D eigenvalue weighted by Crippen LogP contribution is -2.13. The molecule has 5 rings (SSSR count). The Morgan fingerprint density at radius 2 is 1.37 bits per heavy atom. The van der Waals surface area contributed by atoms with Crippen LogP contribution in [-0.2, 0) is 4.74 Å². The molecule has 4 aromatic rings. The van der Waals surface area contributed by atoms with Gasteiger partial charge in [0.2, 0.25) is 0 Å². The minimum Gasteiger partial charge on any atom is -0.494 e. The van der Waals surface area contributed by atoms with E-state index in [0.29, 0.717) is 0 Å². The molecule has 1 atom stereocenters. The Labute approximate surface area is 206 Å². The van der Waals surface area contributed by atoms with Crippen molar-refractivity contribution in [1.82, 2.24) is 0 Å². The van der Waals surface area contributed by atoms with Crippen molar-refractivity contribution >= 4 is 23.4 Å². The van der Waals surface area contributed by atoms with Crippen molar-refractivity contribution in [2.75, 3.05) is 7.11 Å². The molecule has 0 radical (unpaired) electrons. The number of allylic oxidation sites excluding steroid dienone is 2. The average molecular weight is 458 g/mol. The third-order valence-electron chi connectivity index (χ3n) is 6.17. The fourth-order valence-corrected chi connectivity index (χ4v) is 4.37. The predicted molar refractivity (Wildman–Crippen MR) is 144 cm³/mol. The molecule has 0 N–H and O–H groups in total. The number of hydrogen-bond acceptors (Lipinski definition) is 3. The van der Waals surface area contributed by atoms with Crippen molar-refractivity contribution in [1.29, 1.82) is 0 Å². The highest BCUT2D eigenvalue weighted by Crippen LogP contribution is 2.42. The molecule has 0 spiro atoms. The standard InChI is InChI=1S/C32H27NO2/c1-23-13-9-10-18-26(23)27-21-31(24-14-5-3-6-15-24)35-32(25-16-7-4-8-17-25)28(27)22-33-29-19-11-12-20-30(29)34-2/h3-22,27H,1-2H3/t27-/m0/s1. The van der Waals surface area contributed by atoms with E-state index in [0.717, 1.165) is 39.7 Å². The van der Waals surface area contributed by atoms with Gasteiger partial charge in [-0.15, -0.1) is 0 Å². The van der Waals surface area contributed by atoms with Gasteiger partial charge in [0.15, 0.2) is 0 Å². The zero-order chi connectivity index (χ0) is 24.0. The summed E-state index contributed by atoms with van der Waals surface area (Å²) in [5.74, 6) is 2.34. The molecule has 0 amide bonds. The minimum atomic E-state index is -0.0335. The summed E-state index contributed by atoms with van der Waals surface area (Å²) in [5.41, 5.74) is 6.26. The number of rotatable bonds is 6. The number of para-hydroxylation sites is 2. The van der Waals surface area contributed by atoms with E-state index < -0.39 is 0 Å². The van der Waals surface area contributed by atoms with Crippen molar-refractivity contribution in [2.24, 2.45) is 4.99 Å². The molecule has 0 unspecified atom stereocenters. The van der Waals surface area contributed by atoms with Gasteiger partial charge in [0, 0.05) is 28.8 Å². The lowest BCUT2D eigenvalue weighted by Gasteiger charge is -2.28. The molecule has 35 heavy (non-hydrogen) atoms. The Morgan fingerprint density at radius 1 is 0.743 bits per heavy atom. The van der Waals surface area contributed by atoms with Crippen LogP contribution in [0.1, 0.15) is 28.2 Å². The molecular weight excluding hydrogens is 430 g/mol. The van der Waals surface area contributed by atoms with Crippen molar-refractivity contribution in [3.63, 3.8) is 0 Å². The van der Waals surface area contributed by atoms with Gasteiger partial charge in [-0.1, -0.05) is 97.1 Å². The third kappa shape index (κ3) is 4.80. The first kappa shape index (κ1) is 22.4. The Balaban J connectivity index is 1.71. The van der Waals surface area contributed by atoms with E-state index in [1.807, 2.05) is 66.9 Å². The molecule has 0 fully saturated rings. The Kier molecular flexibility index (Phi) is 6.58. The van der Waals surface area contributed by atoms with Gasteiger partial charge in [-0.2, -0.15) is 0 Å². The number of benzene rings is 4. The number of hydrogen-bond donors (Lipinski definition) is 0. The molecule has 1 aliphatic rings. The number of aliphatic imine (C=N–C) groups is 1. The summed E-state index contributed by atoms with van der Waals surface area (Å²) in [4.78, 5) is 4.86. The van der Waals surface area contributed by atoms with Crippen LogP contribution in [0.3, 0.4) is 0 Å². The Morgan fingerprint density at radius 3 is 2.09 bits per heavy atom. The molecule has 3 nitrogen and oxygen atoms in total. The SMILES string of the molecule is COc1ccccc1N=CC1=C(c2ccccc2)OC(c2ccccc2)=C[C@H]1c1ccccc1C. The van der Waals surface area contributed by atoms with Crippen LogP contribution in [0.2, 0.25) is 0 Å². The normalized spacial score (nSPS) is 15.6. The van der Waals surface area contributed by atoms with Crippen LogP contribution in [0.15, 0.2) is 126 Å². The van der Waals surface area contributed by atoms with E-state index in [1.165, 1.54) is 11.1 Å². The minimum absolute atomic E-state index is 0.0335. The van der Waals surface area contributed by atoms with Crippen molar-refractivity contribution in [3.8, 4) is 5.75 Å². The summed E-state index contributed by atoms with van der Waals surface area (Å²) >= 11 is 0. The van der Waals surface area contributed by atoms with Crippen molar-refractivity contribution < 1.29 is 9.47 Å². The fourth-order valence-electron chi connectivity index (χ4n) is 4.37. The van der Waals surface area contributed by atoms with Crippen LogP contribution in [-0.4, -0.2) is 13.3 Å². The van der Waals surface area contributed by atoms with Crippen LogP contribution in [0.4, 0.5) is 5.69 Å². The largest absolute Gasteiger partial charge is 0.494 e. The predicted octanol–water partition coefficient (Wildman–Crippen LogP) is 7.97. The average Bonchev–Trinajstić information content (AvgIpc) is 2.93. The van der Waals surface area contributed by atoms with E-state index in [9.17, 15) is 0 Å². The van der Waals surface area contributed by atoms with Gasteiger partial charge in [-0.25, -0.2) is 0 Å². The summed E-state index contributed by atoms with van der Waals surface area (Å²) in [6.45, 7) is 2.15. The van der Waals surface area contributed by atoms with Crippen LogP contribution in [0, 0.1) is 6.92 Å². The Hall–Kier alpha value is -4.37. The fraction of sp³-hybridized carbons (Fsp3) is 0.0938. The molecule has 0 saturated carbocycles. The monoisotopic (exact) mass is 457 g/mol. The zero-order valence-corrected chi connectivity index (χ0v) is 19.9. The maximum Gasteiger partial charge on any atom is 0.144 e. The smallest absolute Gasteiger partial charge is 0.144 e. The summed E-state index contributed by atoms with van der Waals surface area (Å²) < 4.78 is 12.2. The van der Waals surface area contributed by atoms with E-state index in [2.05, 4.69) is 61.5 Å². The number of aryl methyl sites for hydroxylation is 1. The molecule has 0 aromatic heterocycles. The van der Waals surface area contributed by atoms with Gasteiger partial charge in [-0.05, 0) is 36.3 Å². The first-order valence-electron chi connectivity index (χ1n) is 11.7. The number of nitrogens with zero attached hydrogens (tertiary/aromatic N) is 1. The van der Waals surface area contributed by atoms with Gasteiger partial charge >= 0.3 is 0 Å². The first-order valence-corrected chi connectivity index (χ1v) is 11.7. The highest BCUT2D eigenvalue weighted by Gasteiger charge is 2.28. The molecule has 3 heteroatoms. The maximum absolute atomic E-state index is 6.63. The summed E-state index contributed by atoms with van der Waals surface area (Å²) in [7, 11) is 1.66. The molecule has 1 heterocycles. The third-order valence-corrected chi connectivity index (χ3v) is 6.17. The van der Waals surface area contributed by atoms with Gasteiger partial charge in [0.1, 0.15) is 23.0 Å². The van der Waals surface area contributed by atoms with Gasteiger partial charge < -0.3 is 9.47 Å². The van der Waals surface area contributed by atoms with Gasteiger partial charge in [0.05, 0.1) is 7.11 Å². The zero-order valence-electron chi connectivity index (χ0n) is 19.9. The van der Waals surface area contributed by atoms with Crippen LogP contribution in [0.25, 0.3) is 11.5 Å². The van der Waals surface area contributed by atoms with E-state index in [-0.39, 0.29) is 5.92 Å². The topological polar surface area (TPSA) is 30.8 Å². The van der Waals surface area contributed by atoms with Crippen LogP contribution < -0.4 is 4.74 Å². The molecular formula is C32H27NO2. The highest BCUT2D eigenvalue weighted by molar-refractivity contribution is 5.96. The van der Waals surface area contributed by atoms with Gasteiger partial charge in [0.25, 0.3) is 0 Å². The lowest BCUT2D eigenvalue weighted by molar-refractivity contribution is 0.416. The van der Waals surface area contributed by atoms with E-state index in [1.54, 1.807) is 7.11 Å². The Bertz CT molecular complexity index is 1400. The molecule has 1 aliphatic heterocycles. The van der Waals surface area contributed by atoms with Gasteiger partial charge in [-0.3, -0.25) is 4.99 Å². The number of methoxy groups -OCH3 is 1.